The zero-order valence-electron chi connectivity index (χ0n) is 16.6. The fourth-order valence-electron chi connectivity index (χ4n) is 3.36. The molecule has 1 aliphatic rings. The third-order valence-corrected chi connectivity index (χ3v) is 5.51. The van der Waals surface area contributed by atoms with Gasteiger partial charge in [-0.2, -0.15) is 0 Å². The van der Waals surface area contributed by atoms with Crippen molar-refractivity contribution in [2.45, 2.75) is 12.5 Å². The molecule has 0 bridgehead atoms. The Morgan fingerprint density at radius 3 is 2.67 bits per heavy atom. The first kappa shape index (κ1) is 22.2. The minimum Gasteiger partial charge on any atom is -0.503 e. The van der Waals surface area contributed by atoms with Crippen molar-refractivity contribution in [2.75, 3.05) is 27.2 Å². The number of nitrogens with zero attached hydrogens (tertiary/aromatic N) is 2. The summed E-state index contributed by atoms with van der Waals surface area (Å²) in [4.78, 5) is 29.3. The van der Waals surface area contributed by atoms with Crippen molar-refractivity contribution in [3.05, 3.63) is 75.4 Å². The SMILES string of the molecule is CN(C)CCCN1C(=O)C(O)=C(C(=O)C=Cc2ccco2)C1c1ccc(Cl)c(Cl)c1. The van der Waals surface area contributed by atoms with Crippen LogP contribution in [0.1, 0.15) is 23.8 Å². The third kappa shape index (κ3) is 4.78. The van der Waals surface area contributed by atoms with Gasteiger partial charge in [0.2, 0.25) is 0 Å². The Labute approximate surface area is 185 Å². The molecular weight excluding hydrogens is 427 g/mol. The van der Waals surface area contributed by atoms with Gasteiger partial charge in [0.1, 0.15) is 5.76 Å². The van der Waals surface area contributed by atoms with Crippen LogP contribution in [0.4, 0.5) is 0 Å². The number of halogens is 2. The summed E-state index contributed by atoms with van der Waals surface area (Å²) in [6.07, 6.45) is 4.94. The van der Waals surface area contributed by atoms with E-state index in [4.69, 9.17) is 27.6 Å². The maximum Gasteiger partial charge on any atom is 0.290 e. The number of benzene rings is 1. The number of aliphatic hydroxyl groups excluding tert-OH is 1. The number of ketones is 1. The van der Waals surface area contributed by atoms with Gasteiger partial charge in [-0.1, -0.05) is 29.3 Å². The van der Waals surface area contributed by atoms with Gasteiger partial charge in [0.05, 0.1) is 27.9 Å². The van der Waals surface area contributed by atoms with Gasteiger partial charge < -0.3 is 19.3 Å². The molecule has 1 aromatic heterocycles. The molecule has 1 unspecified atom stereocenters. The molecule has 1 aliphatic heterocycles. The minimum absolute atomic E-state index is 0.00560. The number of furan rings is 1. The molecule has 2 heterocycles. The van der Waals surface area contributed by atoms with Crippen molar-refractivity contribution >= 4 is 41.0 Å². The van der Waals surface area contributed by atoms with Crippen LogP contribution in [0, 0.1) is 0 Å². The summed E-state index contributed by atoms with van der Waals surface area (Å²) in [6, 6.07) is 7.56. The van der Waals surface area contributed by atoms with Crippen LogP contribution < -0.4 is 0 Å². The Balaban J connectivity index is 1.97. The fraction of sp³-hybridized carbons (Fsp3) is 0.273. The van der Waals surface area contributed by atoms with Crippen molar-refractivity contribution in [2.24, 2.45) is 0 Å². The first-order chi connectivity index (χ1) is 14.3. The molecule has 8 heteroatoms. The standard InChI is InChI=1S/C22H22Cl2N2O4/c1-25(2)10-4-11-26-20(14-6-8-16(23)17(24)13-14)19(21(28)22(26)29)18(27)9-7-15-5-3-12-30-15/h3,5-9,12-13,20,28H,4,10-11H2,1-2H3. The highest BCUT2D eigenvalue weighted by Crippen LogP contribution is 2.39. The lowest BCUT2D eigenvalue weighted by Crippen LogP contribution is -2.33. The Kier molecular flexibility index (Phi) is 7.02. The highest BCUT2D eigenvalue weighted by molar-refractivity contribution is 6.42. The molecule has 158 valence electrons. The zero-order valence-corrected chi connectivity index (χ0v) is 18.2. The van der Waals surface area contributed by atoms with Gasteiger partial charge in [-0.15, -0.1) is 0 Å². The van der Waals surface area contributed by atoms with Gasteiger partial charge >= 0.3 is 0 Å². The summed E-state index contributed by atoms with van der Waals surface area (Å²) in [5.41, 5.74) is 0.604. The van der Waals surface area contributed by atoms with E-state index in [2.05, 4.69) is 0 Å². The number of carbonyl (C=O) groups excluding carboxylic acids is 2. The smallest absolute Gasteiger partial charge is 0.290 e. The second-order valence-electron chi connectivity index (χ2n) is 7.21. The van der Waals surface area contributed by atoms with Crippen molar-refractivity contribution in [3.8, 4) is 0 Å². The molecule has 6 nitrogen and oxygen atoms in total. The molecule has 30 heavy (non-hydrogen) atoms. The Bertz CT molecular complexity index is 997. The average molecular weight is 449 g/mol. The van der Waals surface area contributed by atoms with E-state index in [0.29, 0.717) is 34.3 Å². The van der Waals surface area contributed by atoms with Crippen LogP contribution in [0.5, 0.6) is 0 Å². The van der Waals surface area contributed by atoms with Crippen molar-refractivity contribution in [1.29, 1.82) is 0 Å². The Morgan fingerprint density at radius 2 is 2.03 bits per heavy atom. The van der Waals surface area contributed by atoms with Gasteiger partial charge in [-0.3, -0.25) is 9.59 Å². The number of rotatable bonds is 8. The molecule has 1 atom stereocenters. The molecule has 0 saturated carbocycles. The summed E-state index contributed by atoms with van der Waals surface area (Å²) in [5.74, 6) is -1.13. The summed E-state index contributed by atoms with van der Waals surface area (Å²) < 4.78 is 5.20. The molecule has 1 N–H and O–H groups in total. The van der Waals surface area contributed by atoms with Gasteiger partial charge in [0.15, 0.2) is 11.5 Å². The monoisotopic (exact) mass is 448 g/mol. The lowest BCUT2D eigenvalue weighted by atomic mass is 9.95. The van der Waals surface area contributed by atoms with E-state index in [-0.39, 0.29) is 5.57 Å². The maximum atomic E-state index is 13.0. The zero-order chi connectivity index (χ0) is 21.8. The molecule has 0 radical (unpaired) electrons. The largest absolute Gasteiger partial charge is 0.503 e. The summed E-state index contributed by atoms with van der Waals surface area (Å²) in [5, 5.41) is 11.2. The van der Waals surface area contributed by atoms with Gasteiger partial charge in [-0.05, 0) is 69.0 Å². The summed E-state index contributed by atoms with van der Waals surface area (Å²) in [6.45, 7) is 1.12. The van der Waals surface area contributed by atoms with E-state index in [1.54, 1.807) is 30.3 Å². The van der Waals surface area contributed by atoms with Gasteiger partial charge in [0.25, 0.3) is 5.91 Å². The minimum atomic E-state index is -0.761. The van der Waals surface area contributed by atoms with Crippen molar-refractivity contribution in [3.63, 3.8) is 0 Å². The van der Waals surface area contributed by atoms with E-state index in [9.17, 15) is 14.7 Å². The number of aliphatic hydroxyl groups is 1. The topological polar surface area (TPSA) is 74.0 Å². The van der Waals surface area contributed by atoms with E-state index in [1.165, 1.54) is 23.3 Å². The van der Waals surface area contributed by atoms with Crippen LogP contribution >= 0.6 is 23.2 Å². The molecule has 0 fully saturated rings. The number of carbonyl (C=O) groups is 2. The van der Waals surface area contributed by atoms with Crippen LogP contribution in [0.25, 0.3) is 6.08 Å². The van der Waals surface area contributed by atoms with Crippen LogP contribution in [-0.4, -0.2) is 53.8 Å². The first-order valence-corrected chi connectivity index (χ1v) is 10.1. The van der Waals surface area contributed by atoms with Gasteiger partial charge in [0, 0.05) is 6.54 Å². The number of allylic oxidation sites excluding steroid dienone is 1. The molecule has 0 spiro atoms. The molecule has 1 amide bonds. The molecule has 0 saturated heterocycles. The second kappa shape index (κ2) is 9.51. The molecule has 3 rings (SSSR count). The maximum absolute atomic E-state index is 13.0. The second-order valence-corrected chi connectivity index (χ2v) is 8.02. The van der Waals surface area contributed by atoms with Crippen molar-refractivity contribution < 1.29 is 19.1 Å². The lowest BCUT2D eigenvalue weighted by molar-refractivity contribution is -0.129. The number of hydrogen-bond acceptors (Lipinski definition) is 5. The summed E-state index contributed by atoms with van der Waals surface area (Å²) >= 11 is 12.2. The van der Waals surface area contributed by atoms with E-state index < -0.39 is 23.5 Å². The number of amides is 1. The van der Waals surface area contributed by atoms with Crippen molar-refractivity contribution in [1.82, 2.24) is 9.80 Å². The average Bonchev–Trinajstić information content (AvgIpc) is 3.30. The first-order valence-electron chi connectivity index (χ1n) is 9.39. The van der Waals surface area contributed by atoms with Gasteiger partial charge in [-0.25, -0.2) is 0 Å². The normalized spacial score (nSPS) is 17.0. The predicted molar refractivity (Wildman–Crippen MR) is 116 cm³/mol. The fourth-order valence-corrected chi connectivity index (χ4v) is 3.66. The number of hydrogen-bond donors (Lipinski definition) is 1. The van der Waals surface area contributed by atoms with Crippen LogP contribution in [0.2, 0.25) is 10.0 Å². The molecule has 2 aromatic rings. The Hall–Kier alpha value is -2.54. The third-order valence-electron chi connectivity index (χ3n) is 4.78. The molecular formula is C22H22Cl2N2O4. The van der Waals surface area contributed by atoms with Crippen LogP contribution in [0.3, 0.4) is 0 Å². The van der Waals surface area contributed by atoms with E-state index in [0.717, 1.165) is 6.54 Å². The van der Waals surface area contributed by atoms with Crippen LogP contribution in [0.15, 0.2) is 58.4 Å². The highest BCUT2D eigenvalue weighted by Gasteiger charge is 2.42. The molecule has 0 aliphatic carbocycles. The highest BCUT2D eigenvalue weighted by atomic mass is 35.5. The van der Waals surface area contributed by atoms with Crippen LogP contribution in [-0.2, 0) is 9.59 Å². The van der Waals surface area contributed by atoms with E-state index in [1.807, 2.05) is 19.0 Å². The Morgan fingerprint density at radius 1 is 1.27 bits per heavy atom. The summed E-state index contributed by atoms with van der Waals surface area (Å²) in [7, 11) is 3.87. The predicted octanol–water partition coefficient (Wildman–Crippen LogP) is 4.52. The van der Waals surface area contributed by atoms with E-state index >= 15 is 0 Å². The quantitative estimate of drug-likeness (QED) is 0.600. The lowest BCUT2D eigenvalue weighted by Gasteiger charge is -2.27. The molecule has 1 aromatic carbocycles.